The lowest BCUT2D eigenvalue weighted by molar-refractivity contribution is -0.142. The predicted molar refractivity (Wildman–Crippen MR) is 74.8 cm³/mol. The van der Waals surface area contributed by atoms with Crippen LogP contribution in [0.3, 0.4) is 0 Å². The van der Waals surface area contributed by atoms with Crippen molar-refractivity contribution in [3.63, 3.8) is 0 Å². The summed E-state index contributed by atoms with van der Waals surface area (Å²) < 4.78 is 0.976. The zero-order valence-electron chi connectivity index (χ0n) is 10.4. The maximum absolute atomic E-state index is 12.0. The highest BCUT2D eigenvalue weighted by Crippen LogP contribution is 2.28. The number of carbonyl (C=O) groups is 2. The van der Waals surface area contributed by atoms with Gasteiger partial charge in [0.15, 0.2) is 0 Å². The average molecular weight is 334 g/mol. The maximum atomic E-state index is 12.0. The van der Waals surface area contributed by atoms with E-state index in [2.05, 4.69) is 21.2 Å². The monoisotopic (exact) mass is 333 g/mol. The van der Waals surface area contributed by atoms with Crippen LogP contribution in [0.4, 0.5) is 0 Å². The molecule has 1 amide bonds. The molecule has 0 radical (unpaired) electrons. The number of nitrogens with one attached hydrogen (secondary N) is 1. The normalized spacial score (nSPS) is 15.8. The first-order valence-corrected chi connectivity index (χ1v) is 7.22. The molecule has 4 nitrogen and oxygen atoms in total. The van der Waals surface area contributed by atoms with Gasteiger partial charge in [0.05, 0.1) is 15.6 Å². The van der Waals surface area contributed by atoms with E-state index >= 15 is 0 Å². The van der Waals surface area contributed by atoms with Crippen LogP contribution < -0.4 is 5.32 Å². The molecule has 3 atom stereocenters. The molecular formula is C12H16BrNO3S. The Morgan fingerprint density at radius 1 is 1.33 bits per heavy atom. The number of aliphatic carboxylic acids is 1. The van der Waals surface area contributed by atoms with Crippen LogP contribution in [-0.2, 0) is 9.59 Å². The van der Waals surface area contributed by atoms with Gasteiger partial charge in [0.25, 0.3) is 0 Å². The second kappa shape index (κ2) is 6.33. The van der Waals surface area contributed by atoms with E-state index in [-0.39, 0.29) is 17.9 Å². The van der Waals surface area contributed by atoms with Gasteiger partial charge in [-0.05, 0) is 48.8 Å². The molecule has 100 valence electrons. The molecule has 0 aliphatic rings. The van der Waals surface area contributed by atoms with Crippen molar-refractivity contribution in [2.75, 3.05) is 0 Å². The number of amides is 1. The molecule has 0 aromatic carbocycles. The summed E-state index contributed by atoms with van der Waals surface area (Å²) in [7, 11) is 0. The standard InChI is InChI=1S/C12H16BrNO3S/c1-6(12(16)17)8(3)14-11(15)7(2)9-4-5-10(13)18-9/h4-8H,1-3H3,(H,14,15)(H,16,17). The minimum Gasteiger partial charge on any atom is -0.481 e. The van der Waals surface area contributed by atoms with Crippen LogP contribution in [-0.4, -0.2) is 23.0 Å². The van der Waals surface area contributed by atoms with Gasteiger partial charge in [-0.15, -0.1) is 11.3 Å². The van der Waals surface area contributed by atoms with Crippen LogP contribution >= 0.6 is 27.3 Å². The molecule has 1 heterocycles. The van der Waals surface area contributed by atoms with Gasteiger partial charge >= 0.3 is 5.97 Å². The Hall–Kier alpha value is -0.880. The van der Waals surface area contributed by atoms with Crippen molar-refractivity contribution in [3.8, 4) is 0 Å². The Balaban J connectivity index is 2.63. The van der Waals surface area contributed by atoms with E-state index in [0.717, 1.165) is 8.66 Å². The Morgan fingerprint density at radius 2 is 1.94 bits per heavy atom. The fraction of sp³-hybridized carbons (Fsp3) is 0.500. The maximum Gasteiger partial charge on any atom is 0.308 e. The molecular weight excluding hydrogens is 318 g/mol. The highest BCUT2D eigenvalue weighted by molar-refractivity contribution is 9.11. The number of carboxylic acid groups (broad SMARTS) is 1. The summed E-state index contributed by atoms with van der Waals surface area (Å²) in [6.45, 7) is 5.10. The Morgan fingerprint density at radius 3 is 2.39 bits per heavy atom. The largest absolute Gasteiger partial charge is 0.481 e. The smallest absolute Gasteiger partial charge is 0.308 e. The third kappa shape index (κ3) is 3.81. The number of rotatable bonds is 5. The summed E-state index contributed by atoms with van der Waals surface area (Å²) in [5.41, 5.74) is 0. The molecule has 0 saturated heterocycles. The second-order valence-corrected chi connectivity index (χ2v) is 6.78. The number of carbonyl (C=O) groups excluding carboxylic acids is 1. The Bertz CT molecular complexity index is 446. The van der Waals surface area contributed by atoms with Crippen LogP contribution in [0.2, 0.25) is 0 Å². The molecule has 1 aromatic heterocycles. The molecule has 1 aromatic rings. The lowest BCUT2D eigenvalue weighted by Crippen LogP contribution is -2.41. The van der Waals surface area contributed by atoms with Crippen LogP contribution in [0.25, 0.3) is 0 Å². The van der Waals surface area contributed by atoms with E-state index in [1.165, 1.54) is 11.3 Å². The van der Waals surface area contributed by atoms with Crippen LogP contribution in [0.5, 0.6) is 0 Å². The van der Waals surface area contributed by atoms with Gasteiger partial charge in [-0.1, -0.05) is 0 Å². The van der Waals surface area contributed by atoms with E-state index < -0.39 is 11.9 Å². The Labute approximate surface area is 119 Å². The topological polar surface area (TPSA) is 66.4 Å². The first kappa shape index (κ1) is 15.2. The fourth-order valence-corrected chi connectivity index (χ4v) is 2.85. The summed E-state index contributed by atoms with van der Waals surface area (Å²) >= 11 is 4.86. The van der Waals surface area contributed by atoms with Crippen LogP contribution in [0, 0.1) is 5.92 Å². The summed E-state index contributed by atoms with van der Waals surface area (Å²) in [5, 5.41) is 11.6. The zero-order valence-corrected chi connectivity index (χ0v) is 12.8. The van der Waals surface area contributed by atoms with E-state index in [1.54, 1.807) is 13.8 Å². The molecule has 0 fully saturated rings. The van der Waals surface area contributed by atoms with Gasteiger partial charge in [-0.25, -0.2) is 0 Å². The van der Waals surface area contributed by atoms with Crippen molar-refractivity contribution in [1.82, 2.24) is 5.32 Å². The van der Waals surface area contributed by atoms with E-state index in [4.69, 9.17) is 5.11 Å². The number of hydrogen-bond acceptors (Lipinski definition) is 3. The third-order valence-corrected chi connectivity index (χ3v) is 4.73. The zero-order chi connectivity index (χ0) is 13.9. The highest BCUT2D eigenvalue weighted by atomic mass is 79.9. The summed E-state index contributed by atoms with van der Waals surface area (Å²) in [6, 6.07) is 3.40. The van der Waals surface area contributed by atoms with Crippen molar-refractivity contribution in [2.24, 2.45) is 5.92 Å². The number of thiophene rings is 1. The first-order chi connectivity index (χ1) is 8.32. The predicted octanol–water partition coefficient (Wildman–Crippen LogP) is 2.84. The molecule has 1 rings (SSSR count). The van der Waals surface area contributed by atoms with Gasteiger partial charge in [0.2, 0.25) is 5.91 Å². The summed E-state index contributed by atoms with van der Waals surface area (Å²) in [4.78, 5) is 23.7. The lowest BCUT2D eigenvalue weighted by Gasteiger charge is -2.20. The van der Waals surface area contributed by atoms with Crippen molar-refractivity contribution < 1.29 is 14.7 Å². The van der Waals surface area contributed by atoms with Crippen molar-refractivity contribution in [2.45, 2.75) is 32.7 Å². The average Bonchev–Trinajstić information content (AvgIpc) is 2.73. The molecule has 3 unspecified atom stereocenters. The van der Waals surface area contributed by atoms with E-state index in [1.807, 2.05) is 19.1 Å². The lowest BCUT2D eigenvalue weighted by atomic mass is 10.0. The first-order valence-electron chi connectivity index (χ1n) is 5.61. The van der Waals surface area contributed by atoms with Crippen LogP contribution in [0.15, 0.2) is 15.9 Å². The summed E-state index contributed by atoms with van der Waals surface area (Å²) in [6.07, 6.45) is 0. The molecule has 0 bridgehead atoms. The number of carboxylic acids is 1. The molecule has 18 heavy (non-hydrogen) atoms. The highest BCUT2D eigenvalue weighted by Gasteiger charge is 2.24. The van der Waals surface area contributed by atoms with Gasteiger partial charge in [-0.3, -0.25) is 9.59 Å². The molecule has 0 aliphatic heterocycles. The van der Waals surface area contributed by atoms with Crippen molar-refractivity contribution in [1.29, 1.82) is 0 Å². The molecule has 0 aliphatic carbocycles. The van der Waals surface area contributed by atoms with Gasteiger partial charge in [0.1, 0.15) is 0 Å². The quantitative estimate of drug-likeness (QED) is 0.870. The van der Waals surface area contributed by atoms with Crippen molar-refractivity contribution in [3.05, 3.63) is 20.8 Å². The summed E-state index contributed by atoms with van der Waals surface area (Å²) in [5.74, 6) is -1.93. The molecule has 2 N–H and O–H groups in total. The third-order valence-electron chi connectivity index (χ3n) is 2.92. The van der Waals surface area contributed by atoms with Crippen LogP contribution in [0.1, 0.15) is 31.6 Å². The SMILES string of the molecule is CC(C(=O)NC(C)C(C)C(=O)O)c1ccc(Br)s1. The minimum atomic E-state index is -0.908. The van der Waals surface area contributed by atoms with E-state index in [9.17, 15) is 9.59 Å². The number of halogens is 1. The van der Waals surface area contributed by atoms with Gasteiger partial charge in [-0.2, -0.15) is 0 Å². The molecule has 6 heteroatoms. The van der Waals surface area contributed by atoms with Gasteiger partial charge < -0.3 is 10.4 Å². The molecule has 0 spiro atoms. The van der Waals surface area contributed by atoms with E-state index in [0.29, 0.717) is 0 Å². The second-order valence-electron chi connectivity index (χ2n) is 4.29. The fourth-order valence-electron chi connectivity index (χ4n) is 1.38. The Kier molecular flexibility index (Phi) is 5.34. The van der Waals surface area contributed by atoms with Crippen molar-refractivity contribution >= 4 is 39.1 Å². The minimum absolute atomic E-state index is 0.148. The van der Waals surface area contributed by atoms with Gasteiger partial charge in [0, 0.05) is 10.9 Å². The number of hydrogen-bond donors (Lipinski definition) is 2. The molecule has 0 saturated carbocycles.